The van der Waals surface area contributed by atoms with Crippen LogP contribution in [0, 0.1) is 18.7 Å². The minimum absolute atomic E-state index is 0.0410. The summed E-state index contributed by atoms with van der Waals surface area (Å²) in [5.74, 6) is -5.22. The van der Waals surface area contributed by atoms with Crippen LogP contribution in [0.5, 0.6) is 0 Å². The fourth-order valence-corrected chi connectivity index (χ4v) is 8.09. The molecule has 356 valence electrons. The van der Waals surface area contributed by atoms with Crippen molar-refractivity contribution in [1.82, 2.24) is 20.8 Å². The Morgan fingerprint density at radius 2 is 1.42 bits per heavy atom. The first-order chi connectivity index (χ1) is 31.6. The standard InChI is InChI=1S/C51H66FN5O9/c1-3-14-36(50(63)64)29-39(59)23-25-45(51(65)66)55-49(62)43(53)32-47(61)54-26-12-10-8-6-4-5-7-9-11-15-38(58)31-46-48-41(16-13-17-44(48)56-57-46)35-21-19-34(20-22-35)28-40(60)30-37-27-33(2)18-24-42(37)52/h13,16-22,24,27,36,43,45H,3-12,14-15,23,25-26,28-32,53H2,1-2H3,(H,54,61)(H,55,62)(H,56,57)(H,63,64)(H,65,66)/t36-,43+,45+/m1/s1. The Balaban J connectivity index is 1.05. The lowest BCUT2D eigenvalue weighted by molar-refractivity contribution is -0.144. The quantitative estimate of drug-likeness (QED) is 0.0260. The van der Waals surface area contributed by atoms with E-state index in [-0.39, 0.29) is 62.3 Å². The number of aliphatic carboxylic acids is 2. The number of rotatable bonds is 32. The van der Waals surface area contributed by atoms with Crippen molar-refractivity contribution >= 4 is 52.0 Å². The number of halogens is 1. The number of carboxylic acid groups (broad SMARTS) is 2. The smallest absolute Gasteiger partial charge is 0.326 e. The minimum Gasteiger partial charge on any atom is -0.481 e. The van der Waals surface area contributed by atoms with Crippen LogP contribution in [0.4, 0.5) is 4.39 Å². The molecule has 0 aliphatic heterocycles. The Hall–Kier alpha value is -6.09. The first kappa shape index (κ1) is 52.5. The van der Waals surface area contributed by atoms with Gasteiger partial charge in [-0.15, -0.1) is 0 Å². The Labute approximate surface area is 386 Å². The van der Waals surface area contributed by atoms with Crippen molar-refractivity contribution in [1.29, 1.82) is 0 Å². The lowest BCUT2D eigenvalue weighted by atomic mass is 9.95. The molecule has 0 fully saturated rings. The van der Waals surface area contributed by atoms with E-state index >= 15 is 0 Å². The molecule has 1 aromatic heterocycles. The molecule has 66 heavy (non-hydrogen) atoms. The molecule has 0 saturated heterocycles. The number of Topliss-reactive ketones (excluding diaryl/α,β-unsaturated/α-hetero) is 3. The number of carboxylic acids is 2. The van der Waals surface area contributed by atoms with Gasteiger partial charge in [0, 0.05) is 50.5 Å². The molecule has 1 heterocycles. The number of aryl methyl sites for hydroxylation is 1. The number of amides is 2. The molecule has 0 saturated carbocycles. The van der Waals surface area contributed by atoms with Gasteiger partial charge in [-0.1, -0.05) is 112 Å². The number of ketones is 3. The number of benzene rings is 3. The molecule has 0 radical (unpaired) electrons. The van der Waals surface area contributed by atoms with Gasteiger partial charge >= 0.3 is 11.9 Å². The van der Waals surface area contributed by atoms with Crippen LogP contribution in [-0.2, 0) is 52.8 Å². The van der Waals surface area contributed by atoms with E-state index in [0.29, 0.717) is 31.4 Å². The van der Waals surface area contributed by atoms with E-state index in [4.69, 9.17) is 5.73 Å². The van der Waals surface area contributed by atoms with Gasteiger partial charge in [0.2, 0.25) is 11.8 Å². The van der Waals surface area contributed by atoms with Crippen molar-refractivity contribution in [2.45, 2.75) is 148 Å². The van der Waals surface area contributed by atoms with Crippen LogP contribution >= 0.6 is 0 Å². The predicted molar refractivity (Wildman–Crippen MR) is 250 cm³/mol. The first-order valence-electron chi connectivity index (χ1n) is 23.3. The van der Waals surface area contributed by atoms with E-state index in [1.54, 1.807) is 12.1 Å². The third-order valence-electron chi connectivity index (χ3n) is 11.8. The SMILES string of the molecule is CCC[C@H](CC(=O)CC[C@H](NC(=O)[C@@H](N)CC(=O)NCCCCCCCCCCCC(=O)Cc1[nH]nc2cccc(-c3ccc(CC(=O)Cc4cc(C)ccc4F)cc3)c12)C(=O)O)C(=O)O. The monoisotopic (exact) mass is 911 g/mol. The van der Waals surface area contributed by atoms with E-state index in [2.05, 4.69) is 20.8 Å². The summed E-state index contributed by atoms with van der Waals surface area (Å²) in [6.45, 7) is 4.10. The third-order valence-corrected chi connectivity index (χ3v) is 11.8. The zero-order valence-corrected chi connectivity index (χ0v) is 38.3. The fourth-order valence-electron chi connectivity index (χ4n) is 8.09. The van der Waals surface area contributed by atoms with Gasteiger partial charge in [0.25, 0.3) is 0 Å². The summed E-state index contributed by atoms with van der Waals surface area (Å²) in [7, 11) is 0. The summed E-state index contributed by atoms with van der Waals surface area (Å²) in [6.07, 6.45) is 9.64. The molecule has 0 spiro atoms. The number of nitrogens with two attached hydrogens (primary N) is 1. The van der Waals surface area contributed by atoms with E-state index in [1.807, 2.05) is 56.3 Å². The number of nitrogens with one attached hydrogen (secondary N) is 3. The van der Waals surface area contributed by atoms with Crippen molar-refractivity contribution in [3.63, 3.8) is 0 Å². The van der Waals surface area contributed by atoms with Crippen molar-refractivity contribution < 1.29 is 48.2 Å². The van der Waals surface area contributed by atoms with Gasteiger partial charge in [-0.3, -0.25) is 33.9 Å². The van der Waals surface area contributed by atoms with Gasteiger partial charge in [-0.2, -0.15) is 5.10 Å². The number of carbonyl (C=O) groups excluding carboxylic acids is 5. The predicted octanol–water partition coefficient (Wildman–Crippen LogP) is 7.69. The molecule has 4 rings (SSSR count). The van der Waals surface area contributed by atoms with Gasteiger partial charge in [0.1, 0.15) is 29.2 Å². The maximum absolute atomic E-state index is 14.2. The van der Waals surface area contributed by atoms with Crippen LogP contribution in [-0.4, -0.2) is 80.1 Å². The summed E-state index contributed by atoms with van der Waals surface area (Å²) < 4.78 is 14.2. The molecule has 7 N–H and O–H groups in total. The molecule has 0 aliphatic carbocycles. The van der Waals surface area contributed by atoms with Crippen LogP contribution in [0.2, 0.25) is 0 Å². The summed E-state index contributed by atoms with van der Waals surface area (Å²) in [5.41, 5.74) is 11.5. The zero-order chi connectivity index (χ0) is 48.0. The molecule has 0 bridgehead atoms. The average Bonchev–Trinajstić information content (AvgIpc) is 3.69. The highest BCUT2D eigenvalue weighted by atomic mass is 19.1. The number of aromatic nitrogens is 2. The Morgan fingerprint density at radius 3 is 2.09 bits per heavy atom. The van der Waals surface area contributed by atoms with Crippen LogP contribution in [0.3, 0.4) is 0 Å². The van der Waals surface area contributed by atoms with Crippen LogP contribution < -0.4 is 16.4 Å². The lowest BCUT2D eigenvalue weighted by Gasteiger charge is -2.18. The molecule has 0 aliphatic rings. The number of unbranched alkanes of at least 4 members (excludes halogenated alkanes) is 8. The van der Waals surface area contributed by atoms with E-state index in [9.17, 15) is 48.2 Å². The Bertz CT molecular complexity index is 2270. The van der Waals surface area contributed by atoms with Gasteiger partial charge in [0.15, 0.2) is 0 Å². The highest BCUT2D eigenvalue weighted by molar-refractivity contribution is 5.99. The maximum atomic E-state index is 14.2. The topological polar surface area (TPSA) is 239 Å². The Morgan fingerprint density at radius 1 is 0.742 bits per heavy atom. The van der Waals surface area contributed by atoms with Crippen molar-refractivity contribution in [2.75, 3.05) is 6.54 Å². The van der Waals surface area contributed by atoms with Crippen molar-refractivity contribution in [2.24, 2.45) is 11.7 Å². The number of carbonyl (C=O) groups is 7. The fraction of sp³-hybridized carbons (Fsp3) is 0.490. The molecule has 2 amide bonds. The third kappa shape index (κ3) is 17.7. The summed E-state index contributed by atoms with van der Waals surface area (Å²) in [5, 5.41) is 32.3. The second-order valence-electron chi connectivity index (χ2n) is 17.4. The maximum Gasteiger partial charge on any atom is 0.326 e. The second-order valence-corrected chi connectivity index (χ2v) is 17.4. The average molecular weight is 912 g/mol. The number of H-pyrrole nitrogens is 1. The molecular weight excluding hydrogens is 846 g/mol. The van der Waals surface area contributed by atoms with E-state index in [0.717, 1.165) is 96.6 Å². The van der Waals surface area contributed by atoms with Gasteiger partial charge in [-0.05, 0) is 67.0 Å². The number of nitrogens with zero attached hydrogens (tertiary/aromatic N) is 1. The largest absolute Gasteiger partial charge is 0.481 e. The first-order valence-corrected chi connectivity index (χ1v) is 23.3. The summed E-state index contributed by atoms with van der Waals surface area (Å²) >= 11 is 0. The highest BCUT2D eigenvalue weighted by Gasteiger charge is 2.27. The lowest BCUT2D eigenvalue weighted by Crippen LogP contribution is -2.50. The molecule has 3 aromatic carbocycles. The van der Waals surface area contributed by atoms with Gasteiger partial charge in [-0.25, -0.2) is 9.18 Å². The van der Waals surface area contributed by atoms with Gasteiger partial charge < -0.3 is 26.6 Å². The highest BCUT2D eigenvalue weighted by Crippen LogP contribution is 2.31. The van der Waals surface area contributed by atoms with Crippen molar-refractivity contribution in [3.8, 4) is 11.1 Å². The zero-order valence-electron chi connectivity index (χ0n) is 38.3. The second kappa shape index (κ2) is 27.4. The number of aromatic amines is 1. The molecule has 14 nitrogen and oxygen atoms in total. The van der Waals surface area contributed by atoms with Crippen molar-refractivity contribution in [3.05, 3.63) is 88.9 Å². The van der Waals surface area contributed by atoms with Crippen LogP contribution in [0.1, 0.15) is 132 Å². The summed E-state index contributed by atoms with van der Waals surface area (Å²) in [4.78, 5) is 86.0. The minimum atomic E-state index is -1.40. The van der Waals surface area contributed by atoms with Gasteiger partial charge in [0.05, 0.1) is 29.6 Å². The summed E-state index contributed by atoms with van der Waals surface area (Å²) in [6, 6.07) is 15.7. The number of hydrogen-bond acceptors (Lipinski definition) is 9. The number of fused-ring (bicyclic) bond motifs is 1. The van der Waals surface area contributed by atoms with Crippen LogP contribution in [0.15, 0.2) is 60.7 Å². The van der Waals surface area contributed by atoms with E-state index < -0.39 is 47.5 Å². The number of hydrogen-bond donors (Lipinski definition) is 6. The molecule has 15 heteroatoms. The van der Waals surface area contributed by atoms with E-state index in [1.165, 1.54) is 6.07 Å². The molecule has 4 aromatic rings. The molecule has 0 unspecified atom stereocenters. The molecular formula is C51H66FN5O9. The molecule has 3 atom stereocenters. The normalized spacial score (nSPS) is 12.6. The Kier molecular flexibility index (Phi) is 21.8. The van der Waals surface area contributed by atoms with Crippen LogP contribution in [0.25, 0.3) is 22.0 Å².